The lowest BCUT2D eigenvalue weighted by molar-refractivity contribution is -0.123. The molecule has 0 saturated carbocycles. The fraction of sp³-hybridized carbons (Fsp3) is 0.111. The van der Waals surface area contributed by atoms with Gasteiger partial charge in [-0.2, -0.15) is 0 Å². The van der Waals surface area contributed by atoms with Crippen LogP contribution in [0.2, 0.25) is 10.0 Å². The van der Waals surface area contributed by atoms with Gasteiger partial charge in [-0.1, -0.05) is 71.7 Å². The van der Waals surface area contributed by atoms with Gasteiger partial charge < -0.3 is 4.57 Å². The Morgan fingerprint density at radius 2 is 1.68 bits per heavy atom. The molecule has 1 aromatic heterocycles. The van der Waals surface area contributed by atoms with Crippen LogP contribution in [0.5, 0.6) is 0 Å². The van der Waals surface area contributed by atoms with Gasteiger partial charge >= 0.3 is 0 Å². The third-order valence-electron chi connectivity index (χ3n) is 6.01. The molecule has 0 unspecified atom stereocenters. The van der Waals surface area contributed by atoms with Crippen molar-refractivity contribution in [2.75, 3.05) is 0 Å². The number of rotatable bonds is 4. The van der Waals surface area contributed by atoms with Crippen molar-refractivity contribution in [3.8, 4) is 5.69 Å². The largest absolute Gasteiger partial charge is 0.316 e. The van der Waals surface area contributed by atoms with Crippen molar-refractivity contribution in [2.45, 2.75) is 20.4 Å². The normalized spacial score (nSPS) is 15.2. The molecule has 0 bridgehead atoms. The van der Waals surface area contributed by atoms with Gasteiger partial charge in [-0.05, 0) is 71.8 Å². The molecule has 4 aromatic rings. The molecule has 7 heteroatoms. The standard InChI is InChI=1S/C27H20Cl2N2O2S/c1-16-13-20(17(2)31(16)23-12-6-11-22(28)25(23)29)14-24-26(32)30(27(33)34-24)15-19-9-5-8-18-7-3-4-10-21(18)19/h3-14H,15H2,1-2H3/b24-14+. The molecule has 0 radical (unpaired) electrons. The molecule has 5 rings (SSSR count). The monoisotopic (exact) mass is 506 g/mol. The summed E-state index contributed by atoms with van der Waals surface area (Å²) in [6.45, 7) is 4.16. The summed E-state index contributed by atoms with van der Waals surface area (Å²) in [5.74, 6) is -0.284. The number of aromatic nitrogens is 1. The molecular formula is C27H20Cl2N2O2S. The minimum absolute atomic E-state index is 0.237. The first-order valence-corrected chi connectivity index (χ1v) is 12.3. The fourth-order valence-corrected chi connectivity index (χ4v) is 5.56. The van der Waals surface area contributed by atoms with Crippen LogP contribution in [0.4, 0.5) is 4.79 Å². The van der Waals surface area contributed by atoms with Crippen LogP contribution in [0.1, 0.15) is 22.5 Å². The molecule has 2 amide bonds. The summed E-state index contributed by atoms with van der Waals surface area (Å²) in [4.78, 5) is 27.7. The van der Waals surface area contributed by atoms with Crippen molar-refractivity contribution in [2.24, 2.45) is 0 Å². The average Bonchev–Trinajstić information content (AvgIpc) is 3.25. The highest BCUT2D eigenvalue weighted by Crippen LogP contribution is 2.36. The van der Waals surface area contributed by atoms with Crippen LogP contribution in [0.25, 0.3) is 22.5 Å². The number of amides is 2. The first kappa shape index (κ1) is 22.8. The minimum Gasteiger partial charge on any atom is -0.316 e. The predicted molar refractivity (Wildman–Crippen MR) is 141 cm³/mol. The van der Waals surface area contributed by atoms with Crippen LogP contribution >= 0.6 is 35.0 Å². The van der Waals surface area contributed by atoms with E-state index in [1.807, 2.05) is 79.1 Å². The van der Waals surface area contributed by atoms with Gasteiger partial charge in [0.15, 0.2) is 0 Å². The van der Waals surface area contributed by atoms with Gasteiger partial charge in [0.2, 0.25) is 0 Å². The number of benzene rings is 3. The second-order valence-electron chi connectivity index (χ2n) is 8.14. The lowest BCUT2D eigenvalue weighted by Crippen LogP contribution is -2.27. The van der Waals surface area contributed by atoms with Gasteiger partial charge in [0, 0.05) is 11.4 Å². The molecule has 0 atom stereocenters. The van der Waals surface area contributed by atoms with Crippen LogP contribution in [-0.4, -0.2) is 20.6 Å². The van der Waals surface area contributed by atoms with Crippen LogP contribution in [0, 0.1) is 13.8 Å². The van der Waals surface area contributed by atoms with Gasteiger partial charge in [0.1, 0.15) is 0 Å². The maximum Gasteiger partial charge on any atom is 0.293 e. The molecular weight excluding hydrogens is 487 g/mol. The number of nitrogens with zero attached hydrogens (tertiary/aromatic N) is 2. The number of hydrogen-bond acceptors (Lipinski definition) is 3. The Labute approximate surface area is 211 Å². The van der Waals surface area contributed by atoms with Crippen LogP contribution in [0.15, 0.2) is 71.6 Å². The lowest BCUT2D eigenvalue weighted by Gasteiger charge is -2.14. The zero-order chi connectivity index (χ0) is 24.0. The molecule has 0 spiro atoms. The smallest absolute Gasteiger partial charge is 0.293 e. The summed E-state index contributed by atoms with van der Waals surface area (Å²) in [5, 5.41) is 2.79. The van der Waals surface area contributed by atoms with Gasteiger partial charge in [0.25, 0.3) is 11.1 Å². The molecule has 4 nitrogen and oxygen atoms in total. The number of carbonyl (C=O) groups excluding carboxylic acids is 2. The first-order chi connectivity index (χ1) is 16.3. The summed E-state index contributed by atoms with van der Waals surface area (Å²) >= 11 is 13.6. The zero-order valence-corrected chi connectivity index (χ0v) is 20.8. The van der Waals surface area contributed by atoms with E-state index in [1.165, 1.54) is 4.90 Å². The van der Waals surface area contributed by atoms with E-state index in [-0.39, 0.29) is 17.7 Å². The van der Waals surface area contributed by atoms with E-state index in [1.54, 1.807) is 12.1 Å². The number of hydrogen-bond donors (Lipinski definition) is 0. The number of fused-ring (bicyclic) bond motifs is 1. The third kappa shape index (κ3) is 3.94. The van der Waals surface area contributed by atoms with Gasteiger partial charge in [0.05, 0.1) is 27.2 Å². The molecule has 0 N–H and O–H groups in total. The fourth-order valence-electron chi connectivity index (χ4n) is 4.35. The maximum absolute atomic E-state index is 13.2. The number of halogens is 2. The molecule has 34 heavy (non-hydrogen) atoms. The van der Waals surface area contributed by atoms with Gasteiger partial charge in [-0.3, -0.25) is 14.5 Å². The van der Waals surface area contributed by atoms with E-state index in [0.717, 1.165) is 50.7 Å². The Balaban J connectivity index is 1.47. The summed E-state index contributed by atoms with van der Waals surface area (Å²) < 4.78 is 2.00. The first-order valence-electron chi connectivity index (χ1n) is 10.7. The highest BCUT2D eigenvalue weighted by Gasteiger charge is 2.35. The Morgan fingerprint density at radius 3 is 2.50 bits per heavy atom. The van der Waals surface area contributed by atoms with Crippen LogP contribution in [0.3, 0.4) is 0 Å². The highest BCUT2D eigenvalue weighted by atomic mass is 35.5. The predicted octanol–water partition coefficient (Wildman–Crippen LogP) is 7.79. The Bertz CT molecular complexity index is 1500. The lowest BCUT2D eigenvalue weighted by atomic mass is 10.0. The van der Waals surface area contributed by atoms with Crippen molar-refractivity contribution >= 4 is 63.0 Å². The van der Waals surface area contributed by atoms with E-state index in [4.69, 9.17) is 23.2 Å². The van der Waals surface area contributed by atoms with Gasteiger partial charge in [-0.25, -0.2) is 0 Å². The summed E-state index contributed by atoms with van der Waals surface area (Å²) in [6, 6.07) is 21.4. The number of carbonyl (C=O) groups is 2. The maximum atomic E-state index is 13.2. The average molecular weight is 507 g/mol. The summed E-state index contributed by atoms with van der Waals surface area (Å²) in [6.07, 6.45) is 1.78. The van der Waals surface area contributed by atoms with Crippen LogP contribution in [-0.2, 0) is 11.3 Å². The summed E-state index contributed by atoms with van der Waals surface area (Å²) in [7, 11) is 0. The van der Waals surface area contributed by atoms with Crippen molar-refractivity contribution in [1.82, 2.24) is 9.47 Å². The second-order valence-corrected chi connectivity index (χ2v) is 9.92. The SMILES string of the molecule is Cc1cc(/C=C2/SC(=O)N(Cc3cccc4ccccc34)C2=O)c(C)n1-c1cccc(Cl)c1Cl. The van der Waals surface area contributed by atoms with Crippen molar-refractivity contribution in [3.05, 3.63) is 104 Å². The van der Waals surface area contributed by atoms with Crippen molar-refractivity contribution < 1.29 is 9.59 Å². The topological polar surface area (TPSA) is 42.3 Å². The Morgan fingerprint density at radius 1 is 0.941 bits per heavy atom. The number of thioether (sulfide) groups is 1. The van der Waals surface area contributed by atoms with Crippen LogP contribution < -0.4 is 0 Å². The molecule has 1 fully saturated rings. The van der Waals surface area contributed by atoms with E-state index in [9.17, 15) is 9.59 Å². The molecule has 2 heterocycles. The molecule has 0 aliphatic carbocycles. The van der Waals surface area contributed by atoms with E-state index >= 15 is 0 Å². The van der Waals surface area contributed by atoms with E-state index < -0.39 is 0 Å². The van der Waals surface area contributed by atoms with E-state index in [2.05, 4.69) is 0 Å². The molecule has 170 valence electrons. The highest BCUT2D eigenvalue weighted by molar-refractivity contribution is 8.18. The third-order valence-corrected chi connectivity index (χ3v) is 7.73. The molecule has 1 saturated heterocycles. The zero-order valence-electron chi connectivity index (χ0n) is 18.5. The van der Waals surface area contributed by atoms with Gasteiger partial charge in [-0.15, -0.1) is 0 Å². The van der Waals surface area contributed by atoms with E-state index in [0.29, 0.717) is 15.0 Å². The number of aryl methyl sites for hydroxylation is 1. The second kappa shape index (κ2) is 8.99. The molecule has 3 aromatic carbocycles. The van der Waals surface area contributed by atoms with Crippen molar-refractivity contribution in [1.29, 1.82) is 0 Å². The molecule has 1 aliphatic heterocycles. The van der Waals surface area contributed by atoms with Crippen molar-refractivity contribution in [3.63, 3.8) is 0 Å². The quantitative estimate of drug-likeness (QED) is 0.265. The summed E-state index contributed by atoms with van der Waals surface area (Å²) in [5.41, 5.74) is 4.41. The minimum atomic E-state index is -0.284. The Hall–Kier alpha value is -2.99. The number of imide groups is 1. The Kier molecular flexibility index (Phi) is 6.02. The molecule has 1 aliphatic rings.